The normalized spacial score (nSPS) is 10.1. The number of anilines is 1. The first-order valence-corrected chi connectivity index (χ1v) is 5.92. The Hall–Kier alpha value is -2.16. The summed E-state index contributed by atoms with van der Waals surface area (Å²) in [6.45, 7) is 4.05. The SMILES string of the molecule is Cc1cccc(NC(=O)Cc2ccncc2)c1C. The number of aromatic nitrogens is 1. The van der Waals surface area contributed by atoms with Crippen LogP contribution in [0.25, 0.3) is 0 Å². The molecule has 2 rings (SSSR count). The molecule has 92 valence electrons. The van der Waals surface area contributed by atoms with Crippen LogP contribution in [0.2, 0.25) is 0 Å². The summed E-state index contributed by atoms with van der Waals surface area (Å²) in [5, 5.41) is 2.94. The Morgan fingerprint density at radius 3 is 2.61 bits per heavy atom. The molecule has 0 unspecified atom stereocenters. The number of nitrogens with zero attached hydrogens (tertiary/aromatic N) is 1. The zero-order valence-corrected chi connectivity index (χ0v) is 10.6. The summed E-state index contributed by atoms with van der Waals surface area (Å²) in [6, 6.07) is 9.61. The maximum atomic E-state index is 11.9. The zero-order valence-electron chi connectivity index (χ0n) is 10.6. The van der Waals surface area contributed by atoms with Gasteiger partial charge in [-0.15, -0.1) is 0 Å². The Labute approximate surface area is 107 Å². The zero-order chi connectivity index (χ0) is 13.0. The van der Waals surface area contributed by atoms with Crippen molar-refractivity contribution >= 4 is 11.6 Å². The predicted octanol–water partition coefficient (Wildman–Crippen LogP) is 2.88. The fourth-order valence-corrected chi connectivity index (χ4v) is 1.77. The number of hydrogen-bond acceptors (Lipinski definition) is 2. The van der Waals surface area contributed by atoms with Gasteiger partial charge in [0, 0.05) is 18.1 Å². The smallest absolute Gasteiger partial charge is 0.228 e. The third-order valence-electron chi connectivity index (χ3n) is 2.99. The van der Waals surface area contributed by atoms with Gasteiger partial charge in [-0.2, -0.15) is 0 Å². The van der Waals surface area contributed by atoms with Crippen molar-refractivity contribution in [2.75, 3.05) is 5.32 Å². The Bertz CT molecular complexity index is 550. The highest BCUT2D eigenvalue weighted by Gasteiger charge is 2.06. The molecular weight excluding hydrogens is 224 g/mol. The first-order valence-electron chi connectivity index (χ1n) is 5.92. The summed E-state index contributed by atoms with van der Waals surface area (Å²) >= 11 is 0. The summed E-state index contributed by atoms with van der Waals surface area (Å²) in [7, 11) is 0. The van der Waals surface area contributed by atoms with Crippen molar-refractivity contribution in [3.8, 4) is 0 Å². The van der Waals surface area contributed by atoms with E-state index in [1.165, 1.54) is 5.56 Å². The van der Waals surface area contributed by atoms with Crippen molar-refractivity contribution in [2.24, 2.45) is 0 Å². The summed E-state index contributed by atoms with van der Waals surface area (Å²) in [5.74, 6) is -0.00472. The minimum Gasteiger partial charge on any atom is -0.326 e. The largest absolute Gasteiger partial charge is 0.326 e. The highest BCUT2D eigenvalue weighted by molar-refractivity contribution is 5.93. The molecular formula is C15H16N2O. The third-order valence-corrected chi connectivity index (χ3v) is 2.99. The van der Waals surface area contributed by atoms with Crippen LogP contribution < -0.4 is 5.32 Å². The Balaban J connectivity index is 2.06. The van der Waals surface area contributed by atoms with Gasteiger partial charge in [0.1, 0.15) is 0 Å². The van der Waals surface area contributed by atoms with E-state index < -0.39 is 0 Å². The predicted molar refractivity (Wildman–Crippen MR) is 72.5 cm³/mol. The molecule has 0 bridgehead atoms. The lowest BCUT2D eigenvalue weighted by Gasteiger charge is -2.10. The van der Waals surface area contributed by atoms with Gasteiger partial charge in [0.05, 0.1) is 6.42 Å². The van der Waals surface area contributed by atoms with E-state index in [1.54, 1.807) is 12.4 Å². The highest BCUT2D eigenvalue weighted by atomic mass is 16.1. The highest BCUT2D eigenvalue weighted by Crippen LogP contribution is 2.18. The number of carbonyl (C=O) groups is 1. The second-order valence-corrected chi connectivity index (χ2v) is 4.33. The van der Waals surface area contributed by atoms with Gasteiger partial charge < -0.3 is 5.32 Å². The van der Waals surface area contributed by atoms with Gasteiger partial charge in [-0.05, 0) is 48.7 Å². The average molecular weight is 240 g/mol. The van der Waals surface area contributed by atoms with Gasteiger partial charge in [0.15, 0.2) is 0 Å². The second kappa shape index (κ2) is 5.45. The molecule has 1 amide bonds. The number of carbonyl (C=O) groups excluding carboxylic acids is 1. The maximum absolute atomic E-state index is 11.9. The van der Waals surface area contributed by atoms with E-state index in [2.05, 4.69) is 10.3 Å². The molecule has 1 aromatic heterocycles. The summed E-state index contributed by atoms with van der Waals surface area (Å²) in [5.41, 5.74) is 4.14. The maximum Gasteiger partial charge on any atom is 0.228 e. The van der Waals surface area contributed by atoms with Crippen molar-refractivity contribution in [3.63, 3.8) is 0 Å². The van der Waals surface area contributed by atoms with Gasteiger partial charge in [-0.1, -0.05) is 12.1 Å². The van der Waals surface area contributed by atoms with Gasteiger partial charge in [-0.3, -0.25) is 9.78 Å². The number of aryl methyl sites for hydroxylation is 1. The number of benzene rings is 1. The lowest BCUT2D eigenvalue weighted by atomic mass is 10.1. The second-order valence-electron chi connectivity index (χ2n) is 4.33. The Kier molecular flexibility index (Phi) is 3.72. The molecule has 0 fully saturated rings. The molecule has 0 saturated carbocycles. The van der Waals surface area contributed by atoms with Crippen LogP contribution in [0.15, 0.2) is 42.7 Å². The molecule has 0 radical (unpaired) electrons. The van der Waals surface area contributed by atoms with Gasteiger partial charge in [-0.25, -0.2) is 0 Å². The van der Waals surface area contributed by atoms with Gasteiger partial charge >= 0.3 is 0 Å². The van der Waals surface area contributed by atoms with Crippen LogP contribution >= 0.6 is 0 Å². The van der Waals surface area contributed by atoms with Crippen molar-refractivity contribution in [1.29, 1.82) is 0 Å². The van der Waals surface area contributed by atoms with E-state index >= 15 is 0 Å². The molecule has 1 N–H and O–H groups in total. The van der Waals surface area contributed by atoms with Crippen LogP contribution in [0.3, 0.4) is 0 Å². The first-order chi connectivity index (χ1) is 8.66. The minimum atomic E-state index is -0.00472. The molecule has 0 aliphatic rings. The van der Waals surface area contributed by atoms with Crippen LogP contribution in [-0.4, -0.2) is 10.9 Å². The Morgan fingerprint density at radius 1 is 1.17 bits per heavy atom. The van der Waals surface area contributed by atoms with Crippen molar-refractivity contribution in [3.05, 3.63) is 59.4 Å². The van der Waals surface area contributed by atoms with E-state index in [0.29, 0.717) is 6.42 Å². The number of pyridine rings is 1. The van der Waals surface area contributed by atoms with Crippen LogP contribution in [0.1, 0.15) is 16.7 Å². The Morgan fingerprint density at radius 2 is 1.89 bits per heavy atom. The summed E-state index contributed by atoms with van der Waals surface area (Å²) in [4.78, 5) is 15.8. The van der Waals surface area contributed by atoms with E-state index in [0.717, 1.165) is 16.8 Å². The first kappa shape index (κ1) is 12.3. The summed E-state index contributed by atoms with van der Waals surface area (Å²) in [6.07, 6.45) is 3.76. The van der Waals surface area contributed by atoms with Crippen molar-refractivity contribution in [1.82, 2.24) is 4.98 Å². The molecule has 1 aromatic carbocycles. The summed E-state index contributed by atoms with van der Waals surface area (Å²) < 4.78 is 0. The molecule has 3 heteroatoms. The molecule has 0 spiro atoms. The number of rotatable bonds is 3. The quantitative estimate of drug-likeness (QED) is 0.896. The van der Waals surface area contributed by atoms with Crippen molar-refractivity contribution in [2.45, 2.75) is 20.3 Å². The molecule has 3 nitrogen and oxygen atoms in total. The van der Waals surface area contributed by atoms with Gasteiger partial charge in [0.2, 0.25) is 5.91 Å². The van der Waals surface area contributed by atoms with Gasteiger partial charge in [0.25, 0.3) is 0 Å². The molecule has 18 heavy (non-hydrogen) atoms. The van der Waals surface area contributed by atoms with Crippen molar-refractivity contribution < 1.29 is 4.79 Å². The van der Waals surface area contributed by atoms with Crippen LogP contribution in [0.4, 0.5) is 5.69 Å². The lowest BCUT2D eigenvalue weighted by molar-refractivity contribution is -0.115. The van der Waals surface area contributed by atoms with Crippen LogP contribution in [0, 0.1) is 13.8 Å². The monoisotopic (exact) mass is 240 g/mol. The molecule has 0 saturated heterocycles. The minimum absolute atomic E-state index is 0.00472. The van der Waals surface area contributed by atoms with E-state index in [9.17, 15) is 4.79 Å². The lowest BCUT2D eigenvalue weighted by Crippen LogP contribution is -2.15. The molecule has 0 aliphatic heterocycles. The van der Waals surface area contributed by atoms with E-state index in [-0.39, 0.29) is 5.91 Å². The number of amides is 1. The standard InChI is InChI=1S/C15H16N2O/c1-11-4-3-5-14(12(11)2)17-15(18)10-13-6-8-16-9-7-13/h3-9H,10H2,1-2H3,(H,17,18). The van der Waals surface area contributed by atoms with Crippen LogP contribution in [-0.2, 0) is 11.2 Å². The average Bonchev–Trinajstić information content (AvgIpc) is 2.36. The fourth-order valence-electron chi connectivity index (χ4n) is 1.77. The number of hydrogen-bond donors (Lipinski definition) is 1. The van der Waals surface area contributed by atoms with E-state index in [4.69, 9.17) is 0 Å². The third kappa shape index (κ3) is 2.94. The van der Waals surface area contributed by atoms with Crippen LogP contribution in [0.5, 0.6) is 0 Å². The fraction of sp³-hybridized carbons (Fsp3) is 0.200. The molecule has 2 aromatic rings. The molecule has 0 atom stereocenters. The topological polar surface area (TPSA) is 42.0 Å². The molecule has 0 aliphatic carbocycles. The molecule has 1 heterocycles. The van der Waals surface area contributed by atoms with E-state index in [1.807, 2.05) is 44.2 Å². The number of nitrogens with one attached hydrogen (secondary N) is 1.